The Kier molecular flexibility index (Phi) is 6.01. The molecule has 3 aliphatic rings. The third kappa shape index (κ3) is 3.86. The van der Waals surface area contributed by atoms with E-state index in [0.29, 0.717) is 12.1 Å². The lowest BCUT2D eigenvalue weighted by Crippen LogP contribution is -2.56. The zero-order chi connectivity index (χ0) is 26.0. The Balaban J connectivity index is 1.63. The van der Waals surface area contributed by atoms with E-state index < -0.39 is 34.6 Å². The second-order valence-electron chi connectivity index (χ2n) is 11.2. The van der Waals surface area contributed by atoms with E-state index >= 15 is 0 Å². The van der Waals surface area contributed by atoms with E-state index in [1.54, 1.807) is 34.6 Å². The van der Waals surface area contributed by atoms with Crippen LogP contribution in [0.3, 0.4) is 0 Å². The smallest absolute Gasteiger partial charge is 0.290 e. The summed E-state index contributed by atoms with van der Waals surface area (Å²) in [5, 5.41) is 0. The number of nitrogens with zero attached hydrogens (tertiary/aromatic N) is 2. The van der Waals surface area contributed by atoms with Crippen molar-refractivity contribution in [3.63, 3.8) is 0 Å². The lowest BCUT2D eigenvalue weighted by Gasteiger charge is -2.54. The first-order chi connectivity index (χ1) is 16.9. The first-order valence-corrected chi connectivity index (χ1v) is 15.1. The minimum Gasteiger partial charge on any atom is -0.290 e. The lowest BCUT2D eigenvalue weighted by molar-refractivity contribution is 0.0412. The van der Waals surface area contributed by atoms with Crippen molar-refractivity contribution in [1.82, 2.24) is 4.31 Å². The Morgan fingerprint density at radius 2 is 1.67 bits per heavy atom. The van der Waals surface area contributed by atoms with Crippen LogP contribution in [0, 0.1) is 23.2 Å². The molecule has 0 radical (unpaired) electrons. The molecule has 2 heterocycles. The van der Waals surface area contributed by atoms with Crippen LogP contribution in [0.5, 0.6) is 0 Å². The van der Waals surface area contributed by atoms with Crippen molar-refractivity contribution in [2.75, 3.05) is 19.8 Å². The van der Waals surface area contributed by atoms with E-state index in [2.05, 4.69) is 18.3 Å². The fourth-order valence-electron chi connectivity index (χ4n) is 5.77. The summed E-state index contributed by atoms with van der Waals surface area (Å²) in [5.74, 6) is 0. The Bertz CT molecular complexity index is 1360. The summed E-state index contributed by atoms with van der Waals surface area (Å²) in [6.07, 6.45) is 2.26. The molecule has 7 nitrogen and oxygen atoms in total. The maximum absolute atomic E-state index is 14.0. The number of hydrogen-bond acceptors (Lipinski definition) is 5. The summed E-state index contributed by atoms with van der Waals surface area (Å²) in [6, 6.07) is 15.8. The molecule has 0 bridgehead atoms. The van der Waals surface area contributed by atoms with Crippen LogP contribution in [0.4, 0.5) is 0 Å². The highest BCUT2D eigenvalue weighted by Crippen LogP contribution is 2.71. The maximum atomic E-state index is 14.0. The van der Waals surface area contributed by atoms with Gasteiger partial charge < -0.3 is 0 Å². The molecule has 2 unspecified atom stereocenters. The van der Waals surface area contributed by atoms with Gasteiger partial charge in [-0.05, 0) is 31.0 Å². The molecule has 2 aromatic rings. The zero-order valence-corrected chi connectivity index (χ0v) is 22.9. The van der Waals surface area contributed by atoms with Crippen molar-refractivity contribution < 1.29 is 22.0 Å². The third-order valence-corrected chi connectivity index (χ3v) is 11.0. The normalized spacial score (nSPS) is 32.6. The summed E-state index contributed by atoms with van der Waals surface area (Å²) in [5.41, 5.74) is 0.826. The number of rotatable bonds is 5. The predicted molar refractivity (Wildman–Crippen MR) is 140 cm³/mol. The molecule has 0 N–H and O–H groups in total. The quantitative estimate of drug-likeness (QED) is 0.354. The average molecular weight is 529 g/mol. The molecule has 36 heavy (non-hydrogen) atoms. The maximum Gasteiger partial charge on any atom is 0.453 e. The van der Waals surface area contributed by atoms with Crippen molar-refractivity contribution in [2.45, 2.75) is 45.1 Å². The standard InChI is InChI=1S/C27H33N2O5PS/c1-6-27-23(28-35(30)33-18-25(3,4)19-34-35)16-26(27,5)17-29(24(27)21-10-8-7-9-11-21)36(31,32)22-14-12-20(2)13-15-22/h6-15,24H,1,16-19H2,2-5H3/b28-23-/t24-,26?,27?/m0/s1. The number of fused-ring (bicyclic) bond motifs is 1. The molecule has 2 aliphatic heterocycles. The van der Waals surface area contributed by atoms with E-state index in [1.165, 1.54) is 0 Å². The molecule has 0 aromatic heterocycles. The van der Waals surface area contributed by atoms with Crippen LogP contribution in [0.2, 0.25) is 0 Å². The topological polar surface area (TPSA) is 85.3 Å². The molecule has 3 fully saturated rings. The summed E-state index contributed by atoms with van der Waals surface area (Å²) in [6.45, 7) is 12.9. The second-order valence-corrected chi connectivity index (χ2v) is 14.8. The van der Waals surface area contributed by atoms with Gasteiger partial charge in [-0.1, -0.05) is 74.9 Å². The van der Waals surface area contributed by atoms with Gasteiger partial charge in [0.25, 0.3) is 0 Å². The van der Waals surface area contributed by atoms with Gasteiger partial charge in [-0.3, -0.25) is 9.05 Å². The van der Waals surface area contributed by atoms with Crippen LogP contribution in [-0.2, 0) is 23.6 Å². The molecule has 0 spiro atoms. The van der Waals surface area contributed by atoms with Gasteiger partial charge in [0.05, 0.1) is 29.6 Å². The summed E-state index contributed by atoms with van der Waals surface area (Å²) in [4.78, 5) is 0.241. The van der Waals surface area contributed by atoms with E-state index in [1.807, 2.05) is 51.1 Å². The van der Waals surface area contributed by atoms with Crippen molar-refractivity contribution in [3.05, 3.63) is 78.4 Å². The highest BCUT2D eigenvalue weighted by atomic mass is 32.2. The molecule has 1 aliphatic carbocycles. The predicted octanol–water partition coefficient (Wildman–Crippen LogP) is 5.95. The van der Waals surface area contributed by atoms with Gasteiger partial charge >= 0.3 is 7.75 Å². The van der Waals surface area contributed by atoms with E-state index in [0.717, 1.165) is 11.1 Å². The molecule has 2 saturated heterocycles. The largest absolute Gasteiger partial charge is 0.453 e. The molecular weight excluding hydrogens is 495 g/mol. The summed E-state index contributed by atoms with van der Waals surface area (Å²) in [7, 11) is -7.57. The van der Waals surface area contributed by atoms with Crippen molar-refractivity contribution in [1.29, 1.82) is 0 Å². The highest BCUT2D eigenvalue weighted by Gasteiger charge is 2.71. The Hall–Kier alpha value is -2.09. The van der Waals surface area contributed by atoms with Crippen molar-refractivity contribution >= 4 is 23.5 Å². The van der Waals surface area contributed by atoms with Crippen molar-refractivity contribution in [3.8, 4) is 0 Å². The molecule has 1 saturated carbocycles. The molecule has 9 heteroatoms. The molecule has 2 aromatic carbocycles. The number of hydrogen-bond donors (Lipinski definition) is 0. The fraction of sp³-hybridized carbons (Fsp3) is 0.444. The van der Waals surface area contributed by atoms with Crippen LogP contribution < -0.4 is 0 Å². The third-order valence-electron chi connectivity index (χ3n) is 7.80. The van der Waals surface area contributed by atoms with Crippen LogP contribution in [0.15, 0.2) is 76.9 Å². The van der Waals surface area contributed by atoms with Gasteiger partial charge in [-0.15, -0.1) is 6.58 Å². The average Bonchev–Trinajstić information content (AvgIpc) is 3.05. The zero-order valence-electron chi connectivity index (χ0n) is 21.2. The minimum absolute atomic E-state index is 0.241. The second kappa shape index (κ2) is 8.47. The summed E-state index contributed by atoms with van der Waals surface area (Å²) < 4.78 is 59.0. The first kappa shape index (κ1) is 25.6. The van der Waals surface area contributed by atoms with E-state index in [4.69, 9.17) is 9.05 Å². The number of sulfonamides is 1. The van der Waals surface area contributed by atoms with Crippen LogP contribution in [0.25, 0.3) is 0 Å². The van der Waals surface area contributed by atoms with Gasteiger partial charge in [-0.2, -0.15) is 9.07 Å². The van der Waals surface area contributed by atoms with Crippen LogP contribution in [-0.4, -0.2) is 38.2 Å². The molecule has 192 valence electrons. The van der Waals surface area contributed by atoms with Crippen LogP contribution >= 0.6 is 7.75 Å². The Labute approximate surface area is 213 Å². The van der Waals surface area contributed by atoms with Crippen molar-refractivity contribution in [2.24, 2.45) is 21.0 Å². The SMILES string of the molecule is C=CC12/C(=N\P3(=O)OCC(C)(C)CO3)CC1(C)CN(S(=O)(=O)c1ccc(C)cc1)[C@H]2c1ccccc1. The number of aryl methyl sites for hydroxylation is 1. The minimum atomic E-state index is -3.85. The monoisotopic (exact) mass is 528 g/mol. The van der Waals surface area contributed by atoms with Gasteiger partial charge in [0.2, 0.25) is 10.0 Å². The summed E-state index contributed by atoms with van der Waals surface area (Å²) >= 11 is 0. The molecule has 3 atom stereocenters. The van der Waals surface area contributed by atoms with E-state index in [9.17, 15) is 13.0 Å². The van der Waals surface area contributed by atoms with Gasteiger partial charge in [-0.25, -0.2) is 13.0 Å². The Morgan fingerprint density at radius 3 is 2.25 bits per heavy atom. The van der Waals surface area contributed by atoms with Gasteiger partial charge in [0, 0.05) is 23.1 Å². The van der Waals surface area contributed by atoms with Gasteiger partial charge in [0.15, 0.2) is 0 Å². The highest BCUT2D eigenvalue weighted by molar-refractivity contribution is 7.89. The fourth-order valence-corrected chi connectivity index (χ4v) is 9.28. The van der Waals surface area contributed by atoms with E-state index in [-0.39, 0.29) is 30.1 Å². The first-order valence-electron chi connectivity index (χ1n) is 12.1. The molecular formula is C27H33N2O5PS. The Morgan fingerprint density at radius 1 is 1.06 bits per heavy atom. The van der Waals surface area contributed by atoms with Crippen LogP contribution in [0.1, 0.15) is 44.4 Å². The van der Waals surface area contributed by atoms with Gasteiger partial charge in [0.1, 0.15) is 0 Å². The number of benzene rings is 2. The molecule has 0 amide bonds. The molecule has 5 rings (SSSR count). The lowest BCUT2D eigenvalue weighted by atomic mass is 9.48.